The Morgan fingerprint density at radius 2 is 2.04 bits per heavy atom. The van der Waals surface area contributed by atoms with Crippen LogP contribution in [0.5, 0.6) is 0 Å². The number of fused-ring (bicyclic) bond motifs is 1. The van der Waals surface area contributed by atoms with Gasteiger partial charge in [-0.2, -0.15) is 0 Å². The van der Waals surface area contributed by atoms with Gasteiger partial charge in [0.15, 0.2) is 5.78 Å². The summed E-state index contributed by atoms with van der Waals surface area (Å²) in [4.78, 5) is 19.3. The zero-order chi connectivity index (χ0) is 15.6. The summed E-state index contributed by atoms with van der Waals surface area (Å²) >= 11 is 1.82. The third-order valence-corrected chi connectivity index (χ3v) is 5.42. The van der Waals surface area contributed by atoms with Crippen molar-refractivity contribution in [3.05, 3.63) is 81.8 Å². The van der Waals surface area contributed by atoms with Gasteiger partial charge in [-0.3, -0.25) is 9.69 Å². The fourth-order valence-corrected chi connectivity index (χ4v) is 4.24. The van der Waals surface area contributed by atoms with E-state index in [9.17, 15) is 4.79 Å². The number of rotatable bonds is 4. The average molecular weight is 322 g/mol. The van der Waals surface area contributed by atoms with Gasteiger partial charge < -0.3 is 4.98 Å². The lowest BCUT2D eigenvalue weighted by Crippen LogP contribution is -2.39. The standard InChI is InChI=1S/C19H18N2OS/c22-17(16-7-4-10-20-16)13-21-11-8-18-15(9-12-23-18)19(21)14-5-2-1-3-6-14/h1-7,9-10,12,19-20H,8,11,13H2. The van der Waals surface area contributed by atoms with Crippen molar-refractivity contribution < 1.29 is 4.79 Å². The maximum Gasteiger partial charge on any atom is 0.192 e. The van der Waals surface area contributed by atoms with E-state index in [1.165, 1.54) is 16.0 Å². The Hall–Kier alpha value is -2.17. The minimum absolute atomic E-state index is 0.148. The number of ketones is 1. The molecule has 2 aromatic heterocycles. The van der Waals surface area contributed by atoms with E-state index in [2.05, 4.69) is 45.6 Å². The van der Waals surface area contributed by atoms with E-state index >= 15 is 0 Å². The van der Waals surface area contributed by atoms with Gasteiger partial charge in [0.05, 0.1) is 18.3 Å². The highest BCUT2D eigenvalue weighted by atomic mass is 32.1. The topological polar surface area (TPSA) is 36.1 Å². The van der Waals surface area contributed by atoms with Crippen molar-refractivity contribution in [3.8, 4) is 0 Å². The number of aromatic nitrogens is 1. The molecule has 0 bridgehead atoms. The summed E-state index contributed by atoms with van der Waals surface area (Å²) in [7, 11) is 0. The molecule has 0 amide bonds. The van der Waals surface area contributed by atoms with Crippen LogP contribution in [0.1, 0.15) is 32.5 Å². The smallest absolute Gasteiger partial charge is 0.192 e. The van der Waals surface area contributed by atoms with Gasteiger partial charge in [0, 0.05) is 17.6 Å². The molecule has 3 heterocycles. The molecule has 0 radical (unpaired) electrons. The van der Waals surface area contributed by atoms with Crippen LogP contribution in [0.2, 0.25) is 0 Å². The zero-order valence-electron chi connectivity index (χ0n) is 12.7. The SMILES string of the molecule is O=C(CN1CCc2sccc2C1c1ccccc1)c1ccc[nH]1. The molecule has 0 spiro atoms. The number of benzene rings is 1. The number of Topliss-reactive ketones (excluding diaryl/α,β-unsaturated/α-hetero) is 1. The van der Waals surface area contributed by atoms with Gasteiger partial charge in [-0.1, -0.05) is 30.3 Å². The second-order valence-electron chi connectivity index (χ2n) is 5.84. The van der Waals surface area contributed by atoms with Gasteiger partial charge >= 0.3 is 0 Å². The predicted molar refractivity (Wildman–Crippen MR) is 93.0 cm³/mol. The molecular formula is C19H18N2OS. The number of H-pyrrole nitrogens is 1. The molecule has 1 aromatic carbocycles. The Balaban J connectivity index is 1.67. The van der Waals surface area contributed by atoms with Crippen LogP contribution in [-0.2, 0) is 6.42 Å². The second-order valence-corrected chi connectivity index (χ2v) is 6.84. The Kier molecular flexibility index (Phi) is 3.85. The number of hydrogen-bond donors (Lipinski definition) is 1. The van der Waals surface area contributed by atoms with Crippen LogP contribution in [0.25, 0.3) is 0 Å². The van der Waals surface area contributed by atoms with Crippen LogP contribution in [0.3, 0.4) is 0 Å². The van der Waals surface area contributed by atoms with Crippen molar-refractivity contribution in [1.29, 1.82) is 0 Å². The first-order valence-corrected chi connectivity index (χ1v) is 8.73. The van der Waals surface area contributed by atoms with E-state index in [0.717, 1.165) is 13.0 Å². The molecule has 0 saturated carbocycles. The lowest BCUT2D eigenvalue weighted by molar-refractivity contribution is 0.0897. The molecule has 1 unspecified atom stereocenters. The van der Waals surface area contributed by atoms with Crippen LogP contribution in [0, 0.1) is 0 Å². The maximum atomic E-state index is 12.5. The van der Waals surface area contributed by atoms with Crippen LogP contribution < -0.4 is 0 Å². The second kappa shape index (κ2) is 6.14. The molecule has 3 aromatic rings. The molecule has 3 nitrogen and oxygen atoms in total. The molecule has 4 rings (SSSR count). The van der Waals surface area contributed by atoms with E-state index in [4.69, 9.17) is 0 Å². The van der Waals surface area contributed by atoms with Gasteiger partial charge in [-0.05, 0) is 41.1 Å². The monoisotopic (exact) mass is 322 g/mol. The average Bonchev–Trinajstić information content (AvgIpc) is 3.27. The fraction of sp³-hybridized carbons (Fsp3) is 0.211. The third-order valence-electron chi connectivity index (χ3n) is 4.43. The highest BCUT2D eigenvalue weighted by molar-refractivity contribution is 7.10. The molecule has 1 N–H and O–H groups in total. The van der Waals surface area contributed by atoms with Gasteiger partial charge in [0.2, 0.25) is 0 Å². The van der Waals surface area contributed by atoms with Crippen molar-refractivity contribution in [1.82, 2.24) is 9.88 Å². The minimum Gasteiger partial charge on any atom is -0.359 e. The first-order valence-electron chi connectivity index (χ1n) is 7.85. The number of aromatic amines is 1. The quantitative estimate of drug-likeness (QED) is 0.739. The highest BCUT2D eigenvalue weighted by Crippen LogP contribution is 2.37. The summed E-state index contributed by atoms with van der Waals surface area (Å²) in [5, 5.41) is 2.16. The van der Waals surface area contributed by atoms with Gasteiger partial charge in [-0.15, -0.1) is 11.3 Å². The zero-order valence-corrected chi connectivity index (χ0v) is 13.6. The molecular weight excluding hydrogens is 304 g/mol. The van der Waals surface area contributed by atoms with E-state index in [-0.39, 0.29) is 11.8 Å². The van der Waals surface area contributed by atoms with Crippen LogP contribution in [0.4, 0.5) is 0 Å². The summed E-state index contributed by atoms with van der Waals surface area (Å²) in [6.07, 6.45) is 2.82. The normalized spacial score (nSPS) is 17.8. The molecule has 23 heavy (non-hydrogen) atoms. The highest BCUT2D eigenvalue weighted by Gasteiger charge is 2.30. The van der Waals surface area contributed by atoms with Crippen LogP contribution in [0.15, 0.2) is 60.1 Å². The third kappa shape index (κ3) is 2.76. The summed E-state index contributed by atoms with van der Waals surface area (Å²) in [5.41, 5.74) is 3.30. The Bertz CT molecular complexity index is 792. The van der Waals surface area contributed by atoms with Crippen LogP contribution in [-0.4, -0.2) is 28.8 Å². The van der Waals surface area contributed by atoms with Gasteiger partial charge in [0.25, 0.3) is 0 Å². The van der Waals surface area contributed by atoms with Crippen molar-refractivity contribution in [2.24, 2.45) is 0 Å². The Labute approximate surface area is 139 Å². The molecule has 1 aliphatic heterocycles. The van der Waals surface area contributed by atoms with E-state index in [1.54, 1.807) is 6.20 Å². The molecule has 0 aliphatic carbocycles. The molecule has 0 fully saturated rings. The Morgan fingerprint density at radius 3 is 2.83 bits per heavy atom. The number of nitrogens with zero attached hydrogens (tertiary/aromatic N) is 1. The Morgan fingerprint density at radius 1 is 1.17 bits per heavy atom. The first-order chi connectivity index (χ1) is 11.3. The maximum absolute atomic E-state index is 12.5. The van der Waals surface area contributed by atoms with E-state index in [0.29, 0.717) is 12.2 Å². The van der Waals surface area contributed by atoms with Crippen molar-refractivity contribution in [2.45, 2.75) is 12.5 Å². The van der Waals surface area contributed by atoms with Crippen molar-refractivity contribution in [2.75, 3.05) is 13.1 Å². The summed E-state index contributed by atoms with van der Waals surface area (Å²) in [6, 6.07) is 16.6. The molecule has 4 heteroatoms. The number of thiophene rings is 1. The lowest BCUT2D eigenvalue weighted by Gasteiger charge is -2.35. The summed E-state index contributed by atoms with van der Waals surface area (Å²) in [6.45, 7) is 1.36. The predicted octanol–water partition coefficient (Wildman–Crippen LogP) is 3.91. The number of carbonyl (C=O) groups excluding carboxylic acids is 1. The van der Waals surface area contributed by atoms with Crippen LogP contribution >= 0.6 is 11.3 Å². The van der Waals surface area contributed by atoms with E-state index < -0.39 is 0 Å². The largest absolute Gasteiger partial charge is 0.359 e. The first kappa shape index (κ1) is 14.4. The van der Waals surface area contributed by atoms with Crippen molar-refractivity contribution in [3.63, 3.8) is 0 Å². The summed E-state index contributed by atoms with van der Waals surface area (Å²) in [5.74, 6) is 0.148. The van der Waals surface area contributed by atoms with Gasteiger partial charge in [-0.25, -0.2) is 0 Å². The minimum atomic E-state index is 0.148. The molecule has 116 valence electrons. The molecule has 1 atom stereocenters. The molecule has 0 saturated heterocycles. The summed E-state index contributed by atoms with van der Waals surface area (Å²) < 4.78 is 0. The van der Waals surface area contributed by atoms with Crippen molar-refractivity contribution >= 4 is 17.1 Å². The molecule has 1 aliphatic rings. The van der Waals surface area contributed by atoms with Gasteiger partial charge in [0.1, 0.15) is 0 Å². The number of carbonyl (C=O) groups is 1. The number of nitrogens with one attached hydrogen (secondary N) is 1. The lowest BCUT2D eigenvalue weighted by atomic mass is 9.93. The fourth-order valence-electron chi connectivity index (χ4n) is 3.34. The van der Waals surface area contributed by atoms with E-state index in [1.807, 2.05) is 29.5 Å². The number of hydrogen-bond acceptors (Lipinski definition) is 3.